The number of carbonyl (C=O) groups excluding carboxylic acids is 1. The molecule has 0 spiro atoms. The van der Waals surface area contributed by atoms with E-state index in [9.17, 15) is 4.79 Å². The molecule has 0 aliphatic carbocycles. The van der Waals surface area contributed by atoms with Crippen molar-refractivity contribution in [1.29, 1.82) is 0 Å². The van der Waals surface area contributed by atoms with Crippen molar-refractivity contribution in [2.24, 2.45) is 0 Å². The quantitative estimate of drug-likeness (QED) is 0.875. The summed E-state index contributed by atoms with van der Waals surface area (Å²) in [6.45, 7) is 2.57. The van der Waals surface area contributed by atoms with E-state index in [1.165, 1.54) is 6.20 Å². The van der Waals surface area contributed by atoms with Crippen LogP contribution in [-0.4, -0.2) is 29.5 Å². The van der Waals surface area contributed by atoms with Gasteiger partial charge in [0.2, 0.25) is 0 Å². The van der Waals surface area contributed by atoms with E-state index in [2.05, 4.69) is 15.3 Å². The molecule has 0 bridgehead atoms. The Morgan fingerprint density at radius 1 is 1.43 bits per heavy atom. The van der Waals surface area contributed by atoms with Crippen LogP contribution in [-0.2, 0) is 0 Å². The van der Waals surface area contributed by atoms with Gasteiger partial charge in [0.05, 0.1) is 12.7 Å². The molecule has 3 N–H and O–H groups in total. The lowest BCUT2D eigenvalue weighted by molar-refractivity contribution is 0.0954. The Kier molecular flexibility index (Phi) is 4.71. The number of nitrogens with one attached hydrogen (secondary N) is 1. The SMILES string of the molecule is CCCNC(=O)c1cnc(-c2cccc(OC)c2)nc1N. The number of hydrogen-bond donors (Lipinski definition) is 2. The molecule has 6 nitrogen and oxygen atoms in total. The van der Waals surface area contributed by atoms with Crippen molar-refractivity contribution in [3.63, 3.8) is 0 Å². The van der Waals surface area contributed by atoms with Gasteiger partial charge in [0.25, 0.3) is 5.91 Å². The van der Waals surface area contributed by atoms with Crippen molar-refractivity contribution >= 4 is 11.7 Å². The third-order valence-electron chi connectivity index (χ3n) is 2.93. The smallest absolute Gasteiger partial charge is 0.256 e. The fourth-order valence-corrected chi connectivity index (χ4v) is 1.80. The van der Waals surface area contributed by atoms with E-state index in [-0.39, 0.29) is 17.3 Å². The van der Waals surface area contributed by atoms with E-state index in [4.69, 9.17) is 10.5 Å². The number of carbonyl (C=O) groups is 1. The molecule has 0 saturated heterocycles. The Bertz CT molecular complexity index is 643. The van der Waals surface area contributed by atoms with Gasteiger partial charge in [0, 0.05) is 18.3 Å². The standard InChI is InChI=1S/C15H18N4O2/c1-3-7-17-15(20)12-9-18-14(19-13(12)16)10-5-4-6-11(8-10)21-2/h4-6,8-9H,3,7H2,1-2H3,(H,17,20)(H2,16,18,19). The molecule has 2 aromatic rings. The van der Waals surface area contributed by atoms with E-state index in [0.29, 0.717) is 18.1 Å². The summed E-state index contributed by atoms with van der Waals surface area (Å²) < 4.78 is 5.16. The first-order valence-corrected chi connectivity index (χ1v) is 6.70. The monoisotopic (exact) mass is 286 g/mol. The molecule has 0 unspecified atom stereocenters. The van der Waals surface area contributed by atoms with Crippen LogP contribution >= 0.6 is 0 Å². The summed E-state index contributed by atoms with van der Waals surface area (Å²) >= 11 is 0. The zero-order valence-electron chi connectivity index (χ0n) is 12.1. The number of nitrogens with zero attached hydrogens (tertiary/aromatic N) is 2. The summed E-state index contributed by atoms with van der Waals surface area (Å²) in [5.41, 5.74) is 6.93. The maximum absolute atomic E-state index is 11.9. The zero-order chi connectivity index (χ0) is 15.2. The molecule has 110 valence electrons. The second-order valence-electron chi connectivity index (χ2n) is 4.48. The van der Waals surface area contributed by atoms with Gasteiger partial charge in [-0.25, -0.2) is 9.97 Å². The topological polar surface area (TPSA) is 90.1 Å². The molecule has 1 aromatic carbocycles. The largest absolute Gasteiger partial charge is 0.497 e. The normalized spacial score (nSPS) is 10.2. The number of nitrogens with two attached hydrogens (primary N) is 1. The number of ether oxygens (including phenoxy) is 1. The highest BCUT2D eigenvalue weighted by atomic mass is 16.5. The van der Waals surface area contributed by atoms with Crippen LogP contribution in [0, 0.1) is 0 Å². The van der Waals surface area contributed by atoms with E-state index in [1.807, 2.05) is 31.2 Å². The average molecular weight is 286 g/mol. The third kappa shape index (κ3) is 3.47. The Hall–Kier alpha value is -2.63. The number of anilines is 1. The van der Waals surface area contributed by atoms with Gasteiger partial charge in [-0.2, -0.15) is 0 Å². The Balaban J connectivity index is 2.28. The highest BCUT2D eigenvalue weighted by Crippen LogP contribution is 2.22. The fraction of sp³-hybridized carbons (Fsp3) is 0.267. The number of aromatic nitrogens is 2. The predicted octanol–water partition coefficient (Wildman–Crippen LogP) is 1.87. The van der Waals surface area contributed by atoms with Crippen LogP contribution in [0.4, 0.5) is 5.82 Å². The van der Waals surface area contributed by atoms with Crippen molar-refractivity contribution in [2.75, 3.05) is 19.4 Å². The summed E-state index contributed by atoms with van der Waals surface area (Å²) in [6.07, 6.45) is 2.30. The van der Waals surface area contributed by atoms with E-state index < -0.39 is 0 Å². The first-order valence-electron chi connectivity index (χ1n) is 6.70. The van der Waals surface area contributed by atoms with Gasteiger partial charge in [-0.1, -0.05) is 19.1 Å². The van der Waals surface area contributed by atoms with Crippen molar-refractivity contribution in [3.05, 3.63) is 36.0 Å². The van der Waals surface area contributed by atoms with Crippen LogP contribution in [0.3, 0.4) is 0 Å². The Morgan fingerprint density at radius 3 is 2.90 bits per heavy atom. The molecule has 1 heterocycles. The van der Waals surface area contributed by atoms with E-state index in [1.54, 1.807) is 7.11 Å². The van der Waals surface area contributed by atoms with Crippen LogP contribution < -0.4 is 15.8 Å². The number of benzene rings is 1. The summed E-state index contributed by atoms with van der Waals surface area (Å²) in [4.78, 5) is 20.3. The third-order valence-corrected chi connectivity index (χ3v) is 2.93. The van der Waals surface area contributed by atoms with E-state index >= 15 is 0 Å². The molecule has 21 heavy (non-hydrogen) atoms. The second-order valence-corrected chi connectivity index (χ2v) is 4.48. The van der Waals surface area contributed by atoms with Crippen LogP contribution in [0.25, 0.3) is 11.4 Å². The van der Waals surface area contributed by atoms with Crippen LogP contribution in [0.2, 0.25) is 0 Å². The van der Waals surface area contributed by atoms with E-state index in [0.717, 1.165) is 12.0 Å². The number of rotatable bonds is 5. The van der Waals surface area contributed by atoms with Crippen LogP contribution in [0.5, 0.6) is 5.75 Å². The van der Waals surface area contributed by atoms with Gasteiger partial charge >= 0.3 is 0 Å². The Morgan fingerprint density at radius 2 is 2.24 bits per heavy atom. The number of amides is 1. The zero-order valence-corrected chi connectivity index (χ0v) is 12.1. The number of nitrogen functional groups attached to an aromatic ring is 1. The molecular formula is C15H18N4O2. The second kappa shape index (κ2) is 6.69. The number of methoxy groups -OCH3 is 1. The molecule has 0 fully saturated rings. The summed E-state index contributed by atoms with van der Waals surface area (Å²) in [5.74, 6) is 1.07. The lowest BCUT2D eigenvalue weighted by atomic mass is 10.2. The van der Waals surface area contributed by atoms with Crippen molar-refractivity contribution in [3.8, 4) is 17.1 Å². The maximum Gasteiger partial charge on any atom is 0.256 e. The number of hydrogen-bond acceptors (Lipinski definition) is 5. The lowest BCUT2D eigenvalue weighted by Crippen LogP contribution is -2.25. The lowest BCUT2D eigenvalue weighted by Gasteiger charge is -2.08. The highest BCUT2D eigenvalue weighted by Gasteiger charge is 2.13. The minimum Gasteiger partial charge on any atom is -0.497 e. The summed E-state index contributed by atoms with van der Waals surface area (Å²) in [6, 6.07) is 7.34. The van der Waals surface area contributed by atoms with Gasteiger partial charge in [0.1, 0.15) is 11.6 Å². The molecule has 0 aliphatic rings. The van der Waals surface area contributed by atoms with Crippen molar-refractivity contribution in [2.45, 2.75) is 13.3 Å². The predicted molar refractivity (Wildman–Crippen MR) is 81.1 cm³/mol. The first-order chi connectivity index (χ1) is 10.2. The maximum atomic E-state index is 11.9. The summed E-state index contributed by atoms with van der Waals surface area (Å²) in [7, 11) is 1.59. The Labute approximate surface area is 123 Å². The fourth-order valence-electron chi connectivity index (χ4n) is 1.80. The minimum absolute atomic E-state index is 0.163. The average Bonchev–Trinajstić information content (AvgIpc) is 2.52. The molecule has 6 heteroatoms. The molecule has 1 aromatic heterocycles. The van der Waals surface area contributed by atoms with Crippen LogP contribution in [0.15, 0.2) is 30.5 Å². The van der Waals surface area contributed by atoms with Gasteiger partial charge in [0.15, 0.2) is 5.82 Å². The molecule has 1 amide bonds. The van der Waals surface area contributed by atoms with Gasteiger partial charge in [-0.3, -0.25) is 4.79 Å². The van der Waals surface area contributed by atoms with Crippen molar-refractivity contribution < 1.29 is 9.53 Å². The highest BCUT2D eigenvalue weighted by molar-refractivity contribution is 5.98. The van der Waals surface area contributed by atoms with Gasteiger partial charge < -0.3 is 15.8 Å². The summed E-state index contributed by atoms with van der Waals surface area (Å²) in [5, 5.41) is 2.75. The van der Waals surface area contributed by atoms with Crippen molar-refractivity contribution in [1.82, 2.24) is 15.3 Å². The van der Waals surface area contributed by atoms with Crippen LogP contribution in [0.1, 0.15) is 23.7 Å². The molecular weight excluding hydrogens is 268 g/mol. The van der Waals surface area contributed by atoms with Gasteiger partial charge in [-0.15, -0.1) is 0 Å². The minimum atomic E-state index is -0.258. The molecule has 2 rings (SSSR count). The molecule has 0 radical (unpaired) electrons. The molecule has 0 aliphatic heterocycles. The molecule has 0 saturated carbocycles. The first kappa shape index (κ1) is 14.8. The van der Waals surface area contributed by atoms with Gasteiger partial charge in [-0.05, 0) is 18.6 Å². The molecule has 0 atom stereocenters.